The molecule has 0 unspecified atom stereocenters. The van der Waals surface area contributed by atoms with E-state index in [0.29, 0.717) is 5.82 Å². The van der Waals surface area contributed by atoms with Gasteiger partial charge in [-0.3, -0.25) is 4.98 Å². The van der Waals surface area contributed by atoms with Gasteiger partial charge < -0.3 is 5.73 Å². The van der Waals surface area contributed by atoms with E-state index in [1.54, 1.807) is 10.9 Å². The third-order valence-electron chi connectivity index (χ3n) is 3.37. The Morgan fingerprint density at radius 1 is 1.05 bits per heavy atom. The number of benzene rings is 1. The molecule has 0 saturated carbocycles. The largest absolute Gasteiger partial charge is 0.384 e. The Hall–Kier alpha value is -2.36. The van der Waals surface area contributed by atoms with Gasteiger partial charge in [0.05, 0.1) is 11.4 Å². The number of nitrogens with zero attached hydrogens (tertiary/aromatic N) is 3. The molecule has 3 rings (SSSR count). The Morgan fingerprint density at radius 3 is 2.55 bits per heavy atom. The summed E-state index contributed by atoms with van der Waals surface area (Å²) in [5.41, 5.74) is 8.05. The van der Waals surface area contributed by atoms with Gasteiger partial charge in [-0.05, 0) is 23.6 Å². The first-order valence-corrected chi connectivity index (χ1v) is 6.65. The minimum absolute atomic E-state index is 0.0138. The molecule has 0 amide bonds. The molecule has 1 aromatic carbocycles. The van der Waals surface area contributed by atoms with E-state index in [1.165, 1.54) is 0 Å². The summed E-state index contributed by atoms with van der Waals surface area (Å²) >= 11 is 0. The summed E-state index contributed by atoms with van der Waals surface area (Å²) in [5.74, 6) is 0.656. The fourth-order valence-corrected chi connectivity index (χ4v) is 2.17. The van der Waals surface area contributed by atoms with Crippen LogP contribution in [0.2, 0.25) is 0 Å². The number of hydrogen-bond donors (Lipinski definition) is 1. The standard InChI is InChI=1S/C16H18N4/c1-16(2,3)14-9-15(17)20(19-14)13-5-4-12-10-18-7-6-11(12)8-13/h4-10H,17H2,1-3H3. The number of fused-ring (bicyclic) bond motifs is 1. The van der Waals surface area contributed by atoms with E-state index in [2.05, 4.69) is 36.9 Å². The first kappa shape index (κ1) is 12.7. The summed E-state index contributed by atoms with van der Waals surface area (Å²) in [6, 6.07) is 10.1. The minimum atomic E-state index is -0.0138. The summed E-state index contributed by atoms with van der Waals surface area (Å²) in [6.07, 6.45) is 3.64. The third kappa shape index (κ3) is 2.13. The van der Waals surface area contributed by atoms with Crippen molar-refractivity contribution in [1.82, 2.24) is 14.8 Å². The van der Waals surface area contributed by atoms with Gasteiger partial charge in [-0.15, -0.1) is 0 Å². The third-order valence-corrected chi connectivity index (χ3v) is 3.37. The fraction of sp³-hybridized carbons (Fsp3) is 0.250. The average molecular weight is 266 g/mol. The van der Waals surface area contributed by atoms with Crippen LogP contribution in [0, 0.1) is 0 Å². The average Bonchev–Trinajstić information content (AvgIpc) is 2.80. The number of pyridine rings is 1. The molecule has 0 radical (unpaired) electrons. The van der Waals surface area contributed by atoms with E-state index in [-0.39, 0.29) is 5.41 Å². The van der Waals surface area contributed by atoms with Gasteiger partial charge in [-0.1, -0.05) is 26.8 Å². The van der Waals surface area contributed by atoms with Crippen molar-refractivity contribution in [3.63, 3.8) is 0 Å². The van der Waals surface area contributed by atoms with Gasteiger partial charge in [0.2, 0.25) is 0 Å². The highest BCUT2D eigenvalue weighted by Gasteiger charge is 2.19. The van der Waals surface area contributed by atoms with Crippen molar-refractivity contribution in [2.45, 2.75) is 26.2 Å². The first-order valence-electron chi connectivity index (χ1n) is 6.65. The van der Waals surface area contributed by atoms with E-state index >= 15 is 0 Å². The number of anilines is 1. The molecule has 2 N–H and O–H groups in total. The summed E-state index contributed by atoms with van der Waals surface area (Å²) in [7, 11) is 0. The van der Waals surface area contributed by atoms with Gasteiger partial charge in [0.25, 0.3) is 0 Å². The fourth-order valence-electron chi connectivity index (χ4n) is 2.17. The summed E-state index contributed by atoms with van der Waals surface area (Å²) in [6.45, 7) is 6.39. The maximum absolute atomic E-state index is 6.10. The highest BCUT2D eigenvalue weighted by Crippen LogP contribution is 2.25. The van der Waals surface area contributed by atoms with Crippen LogP contribution in [-0.2, 0) is 5.41 Å². The molecule has 4 heteroatoms. The van der Waals surface area contributed by atoms with Gasteiger partial charge in [0.15, 0.2) is 0 Å². The second-order valence-corrected chi connectivity index (χ2v) is 6.02. The zero-order valence-electron chi connectivity index (χ0n) is 12.0. The molecule has 2 aromatic heterocycles. The Morgan fingerprint density at radius 2 is 1.85 bits per heavy atom. The molecule has 0 spiro atoms. The Labute approximate surface area is 118 Å². The molecule has 0 atom stereocenters. The molecule has 2 heterocycles. The van der Waals surface area contributed by atoms with Crippen LogP contribution in [0.5, 0.6) is 0 Å². The molecule has 0 aliphatic carbocycles. The van der Waals surface area contributed by atoms with Gasteiger partial charge in [0, 0.05) is 29.3 Å². The smallest absolute Gasteiger partial charge is 0.127 e. The van der Waals surface area contributed by atoms with Crippen molar-refractivity contribution in [3.8, 4) is 5.69 Å². The topological polar surface area (TPSA) is 56.7 Å². The monoisotopic (exact) mass is 266 g/mol. The summed E-state index contributed by atoms with van der Waals surface area (Å²) < 4.78 is 1.79. The second-order valence-electron chi connectivity index (χ2n) is 6.02. The molecular weight excluding hydrogens is 248 g/mol. The van der Waals surface area contributed by atoms with Crippen molar-refractivity contribution in [3.05, 3.63) is 48.4 Å². The van der Waals surface area contributed by atoms with E-state index in [4.69, 9.17) is 5.73 Å². The van der Waals surface area contributed by atoms with Crippen molar-refractivity contribution >= 4 is 16.6 Å². The lowest BCUT2D eigenvalue weighted by Gasteiger charge is -2.14. The zero-order valence-corrected chi connectivity index (χ0v) is 12.0. The molecule has 3 aromatic rings. The van der Waals surface area contributed by atoms with Crippen LogP contribution in [0.4, 0.5) is 5.82 Å². The lowest BCUT2D eigenvalue weighted by molar-refractivity contribution is 0.560. The molecule has 0 fully saturated rings. The van der Waals surface area contributed by atoms with E-state index in [9.17, 15) is 0 Å². The van der Waals surface area contributed by atoms with Crippen LogP contribution >= 0.6 is 0 Å². The van der Waals surface area contributed by atoms with E-state index in [0.717, 1.165) is 22.2 Å². The van der Waals surface area contributed by atoms with Crippen molar-refractivity contribution < 1.29 is 0 Å². The number of nitrogens with two attached hydrogens (primary N) is 1. The van der Waals surface area contributed by atoms with E-state index < -0.39 is 0 Å². The van der Waals surface area contributed by atoms with Crippen LogP contribution in [0.1, 0.15) is 26.5 Å². The van der Waals surface area contributed by atoms with Crippen LogP contribution in [0.25, 0.3) is 16.5 Å². The van der Waals surface area contributed by atoms with Gasteiger partial charge in [-0.2, -0.15) is 5.10 Å². The van der Waals surface area contributed by atoms with Gasteiger partial charge in [-0.25, -0.2) is 4.68 Å². The van der Waals surface area contributed by atoms with Crippen molar-refractivity contribution in [2.75, 3.05) is 5.73 Å². The number of rotatable bonds is 1. The maximum atomic E-state index is 6.10. The van der Waals surface area contributed by atoms with Crippen LogP contribution in [0.3, 0.4) is 0 Å². The minimum Gasteiger partial charge on any atom is -0.384 e. The van der Waals surface area contributed by atoms with Crippen LogP contribution in [-0.4, -0.2) is 14.8 Å². The Bertz CT molecular complexity index is 765. The molecular formula is C16H18N4. The van der Waals surface area contributed by atoms with Crippen molar-refractivity contribution in [1.29, 1.82) is 0 Å². The van der Waals surface area contributed by atoms with Crippen molar-refractivity contribution in [2.24, 2.45) is 0 Å². The molecule has 102 valence electrons. The van der Waals surface area contributed by atoms with E-state index in [1.807, 2.05) is 30.5 Å². The Balaban J connectivity index is 2.13. The zero-order chi connectivity index (χ0) is 14.3. The highest BCUT2D eigenvalue weighted by atomic mass is 15.3. The number of aromatic nitrogens is 3. The lowest BCUT2D eigenvalue weighted by atomic mass is 9.92. The molecule has 0 saturated heterocycles. The normalized spacial score (nSPS) is 11.9. The summed E-state index contributed by atoms with van der Waals surface area (Å²) in [5, 5.41) is 6.87. The van der Waals surface area contributed by atoms with Crippen LogP contribution in [0.15, 0.2) is 42.7 Å². The molecule has 20 heavy (non-hydrogen) atoms. The molecule has 0 bridgehead atoms. The highest BCUT2D eigenvalue weighted by molar-refractivity contribution is 5.83. The second kappa shape index (κ2) is 4.34. The molecule has 0 aliphatic heterocycles. The molecule has 4 nitrogen and oxygen atoms in total. The Kier molecular flexibility index (Phi) is 2.74. The number of hydrogen-bond acceptors (Lipinski definition) is 3. The summed E-state index contributed by atoms with van der Waals surface area (Å²) in [4.78, 5) is 4.12. The lowest BCUT2D eigenvalue weighted by Crippen LogP contribution is -2.12. The maximum Gasteiger partial charge on any atom is 0.127 e. The quantitative estimate of drug-likeness (QED) is 0.735. The molecule has 0 aliphatic rings. The van der Waals surface area contributed by atoms with Crippen LogP contribution < -0.4 is 5.73 Å². The number of nitrogen functional groups attached to an aromatic ring is 1. The first-order chi connectivity index (χ1) is 9.45. The van der Waals surface area contributed by atoms with Gasteiger partial charge >= 0.3 is 0 Å². The predicted octanol–water partition coefficient (Wildman–Crippen LogP) is 3.30. The SMILES string of the molecule is CC(C)(C)c1cc(N)n(-c2ccc3cnccc3c2)n1. The van der Waals surface area contributed by atoms with Gasteiger partial charge in [0.1, 0.15) is 5.82 Å². The predicted molar refractivity (Wildman–Crippen MR) is 82.0 cm³/mol.